The highest BCUT2D eigenvalue weighted by Crippen LogP contribution is 2.28. The van der Waals surface area contributed by atoms with Crippen LogP contribution in [0.4, 0.5) is 0 Å². The molecule has 0 spiro atoms. The van der Waals surface area contributed by atoms with Gasteiger partial charge in [-0.05, 0) is 43.7 Å². The Morgan fingerprint density at radius 3 is 2.84 bits per heavy atom. The van der Waals surface area contributed by atoms with Crippen LogP contribution in [0, 0.1) is 0 Å². The van der Waals surface area contributed by atoms with Crippen molar-refractivity contribution in [3.05, 3.63) is 24.3 Å². The van der Waals surface area contributed by atoms with E-state index in [4.69, 9.17) is 0 Å². The van der Waals surface area contributed by atoms with E-state index in [1.54, 1.807) is 11.8 Å². The SMILES string of the molecule is CSC1CCCC(NS(=O)(=O)c2cccc(O)c2)C1. The Hall–Kier alpha value is -0.720. The number of aromatic hydroxyl groups is 1. The second kappa shape index (κ2) is 6.15. The fourth-order valence-electron chi connectivity index (χ4n) is 2.40. The standard InChI is InChI=1S/C13H19NO3S2/c1-18-12-6-2-4-10(8-12)14-19(16,17)13-7-3-5-11(15)9-13/h3,5,7,9-10,12,14-15H,2,4,6,8H2,1H3. The van der Waals surface area contributed by atoms with E-state index in [9.17, 15) is 13.5 Å². The van der Waals surface area contributed by atoms with Crippen molar-refractivity contribution in [2.75, 3.05) is 6.26 Å². The number of benzene rings is 1. The molecule has 2 rings (SSSR count). The second-order valence-corrected chi connectivity index (χ2v) is 7.69. The summed E-state index contributed by atoms with van der Waals surface area (Å²) < 4.78 is 27.2. The summed E-state index contributed by atoms with van der Waals surface area (Å²) in [6.45, 7) is 0. The fraction of sp³-hybridized carbons (Fsp3) is 0.538. The zero-order valence-electron chi connectivity index (χ0n) is 10.9. The molecule has 2 atom stereocenters. The quantitative estimate of drug-likeness (QED) is 0.896. The Morgan fingerprint density at radius 2 is 2.16 bits per heavy atom. The van der Waals surface area contributed by atoms with Crippen molar-refractivity contribution in [3.8, 4) is 5.75 Å². The summed E-state index contributed by atoms with van der Waals surface area (Å²) in [5.41, 5.74) is 0. The number of phenols is 1. The minimum absolute atomic E-state index is 0.00134. The first-order chi connectivity index (χ1) is 9.01. The van der Waals surface area contributed by atoms with E-state index >= 15 is 0 Å². The summed E-state index contributed by atoms with van der Waals surface area (Å²) in [5.74, 6) is -0.0338. The molecule has 1 aromatic carbocycles. The molecule has 0 radical (unpaired) electrons. The summed E-state index contributed by atoms with van der Waals surface area (Å²) in [6, 6.07) is 5.77. The van der Waals surface area contributed by atoms with Crippen LogP contribution in [0.3, 0.4) is 0 Å². The Bertz CT molecular complexity index is 530. The van der Waals surface area contributed by atoms with Crippen molar-refractivity contribution in [3.63, 3.8) is 0 Å². The molecule has 0 saturated heterocycles. The molecule has 1 aliphatic carbocycles. The van der Waals surface area contributed by atoms with Crippen LogP contribution in [0.1, 0.15) is 25.7 Å². The van der Waals surface area contributed by atoms with Crippen molar-refractivity contribution in [2.24, 2.45) is 0 Å². The number of hydrogen-bond donors (Lipinski definition) is 2. The Balaban J connectivity index is 2.09. The van der Waals surface area contributed by atoms with E-state index in [1.807, 2.05) is 0 Å². The van der Waals surface area contributed by atoms with Gasteiger partial charge in [0, 0.05) is 11.3 Å². The van der Waals surface area contributed by atoms with Crippen molar-refractivity contribution in [2.45, 2.75) is 41.9 Å². The van der Waals surface area contributed by atoms with Crippen molar-refractivity contribution in [1.82, 2.24) is 4.72 Å². The lowest BCUT2D eigenvalue weighted by molar-refractivity contribution is 0.420. The Morgan fingerprint density at radius 1 is 1.37 bits per heavy atom. The highest BCUT2D eigenvalue weighted by Gasteiger charge is 2.26. The lowest BCUT2D eigenvalue weighted by Gasteiger charge is -2.28. The highest BCUT2D eigenvalue weighted by molar-refractivity contribution is 7.99. The molecule has 19 heavy (non-hydrogen) atoms. The maximum absolute atomic E-state index is 12.2. The van der Waals surface area contributed by atoms with E-state index in [1.165, 1.54) is 24.3 Å². The number of phenolic OH excluding ortho intramolecular Hbond substituents is 1. The van der Waals surface area contributed by atoms with E-state index in [-0.39, 0.29) is 16.7 Å². The summed E-state index contributed by atoms with van der Waals surface area (Å²) in [4.78, 5) is 0.124. The monoisotopic (exact) mass is 301 g/mol. The van der Waals surface area contributed by atoms with Gasteiger partial charge in [0.05, 0.1) is 4.90 Å². The Kier molecular flexibility index (Phi) is 4.76. The maximum Gasteiger partial charge on any atom is 0.240 e. The molecule has 0 aromatic heterocycles. The fourth-order valence-corrected chi connectivity index (χ4v) is 4.55. The Labute approximate surface area is 118 Å². The van der Waals surface area contributed by atoms with Crippen LogP contribution in [0.25, 0.3) is 0 Å². The summed E-state index contributed by atoms with van der Waals surface area (Å²) in [5, 5.41) is 9.90. The average molecular weight is 301 g/mol. The van der Waals surface area contributed by atoms with Gasteiger partial charge in [0.15, 0.2) is 0 Å². The molecule has 106 valence electrons. The molecular weight excluding hydrogens is 282 g/mol. The number of hydrogen-bond acceptors (Lipinski definition) is 4. The van der Waals surface area contributed by atoms with E-state index in [0.29, 0.717) is 5.25 Å². The van der Waals surface area contributed by atoms with Gasteiger partial charge in [-0.25, -0.2) is 13.1 Å². The van der Waals surface area contributed by atoms with Gasteiger partial charge >= 0.3 is 0 Å². The molecule has 0 bridgehead atoms. The molecule has 2 unspecified atom stereocenters. The molecule has 4 nitrogen and oxygen atoms in total. The lowest BCUT2D eigenvalue weighted by atomic mass is 9.96. The van der Waals surface area contributed by atoms with Gasteiger partial charge in [-0.2, -0.15) is 11.8 Å². The van der Waals surface area contributed by atoms with E-state index < -0.39 is 10.0 Å². The molecule has 6 heteroatoms. The van der Waals surface area contributed by atoms with Gasteiger partial charge in [0.25, 0.3) is 0 Å². The smallest absolute Gasteiger partial charge is 0.240 e. The van der Waals surface area contributed by atoms with Gasteiger partial charge in [0.2, 0.25) is 10.0 Å². The van der Waals surface area contributed by atoms with Crippen molar-refractivity contribution in [1.29, 1.82) is 0 Å². The first kappa shape index (κ1) is 14.7. The number of thioether (sulfide) groups is 1. The molecule has 1 saturated carbocycles. The van der Waals surface area contributed by atoms with Gasteiger partial charge in [-0.15, -0.1) is 0 Å². The minimum atomic E-state index is -3.53. The largest absolute Gasteiger partial charge is 0.508 e. The average Bonchev–Trinajstić information content (AvgIpc) is 2.38. The first-order valence-corrected chi connectivity index (χ1v) is 9.12. The van der Waals surface area contributed by atoms with Crippen LogP contribution in [-0.2, 0) is 10.0 Å². The van der Waals surface area contributed by atoms with Gasteiger partial charge < -0.3 is 5.11 Å². The van der Waals surface area contributed by atoms with E-state index in [0.717, 1.165) is 25.7 Å². The third-order valence-electron chi connectivity index (χ3n) is 3.41. The zero-order valence-corrected chi connectivity index (χ0v) is 12.5. The molecule has 2 N–H and O–H groups in total. The van der Waals surface area contributed by atoms with Gasteiger partial charge in [0.1, 0.15) is 5.75 Å². The lowest BCUT2D eigenvalue weighted by Crippen LogP contribution is -2.39. The zero-order chi connectivity index (χ0) is 13.9. The second-order valence-electron chi connectivity index (χ2n) is 4.84. The van der Waals surface area contributed by atoms with Crippen LogP contribution in [0.5, 0.6) is 5.75 Å². The van der Waals surface area contributed by atoms with Crippen LogP contribution >= 0.6 is 11.8 Å². The molecule has 1 fully saturated rings. The molecular formula is C13H19NO3S2. The molecule has 1 aliphatic rings. The normalized spacial score (nSPS) is 24.3. The van der Waals surface area contributed by atoms with E-state index in [2.05, 4.69) is 11.0 Å². The topological polar surface area (TPSA) is 66.4 Å². The molecule has 0 heterocycles. The van der Waals surface area contributed by atoms with Crippen LogP contribution < -0.4 is 4.72 Å². The predicted octanol–water partition coefficient (Wildman–Crippen LogP) is 2.34. The number of sulfonamides is 1. The maximum atomic E-state index is 12.2. The summed E-state index contributed by atoms with van der Waals surface area (Å²) in [7, 11) is -3.53. The third kappa shape index (κ3) is 3.87. The van der Waals surface area contributed by atoms with Gasteiger partial charge in [-0.1, -0.05) is 12.5 Å². The predicted molar refractivity (Wildman–Crippen MR) is 78.0 cm³/mol. The van der Waals surface area contributed by atoms with Crippen molar-refractivity contribution >= 4 is 21.8 Å². The number of nitrogens with one attached hydrogen (secondary N) is 1. The summed E-state index contributed by atoms with van der Waals surface area (Å²) in [6.07, 6.45) is 6.04. The number of rotatable bonds is 4. The highest BCUT2D eigenvalue weighted by atomic mass is 32.2. The molecule has 1 aromatic rings. The molecule has 0 amide bonds. The van der Waals surface area contributed by atoms with Gasteiger partial charge in [-0.3, -0.25) is 0 Å². The van der Waals surface area contributed by atoms with Crippen molar-refractivity contribution < 1.29 is 13.5 Å². The first-order valence-electron chi connectivity index (χ1n) is 6.35. The van der Waals surface area contributed by atoms with Crippen LogP contribution in [0.2, 0.25) is 0 Å². The molecule has 0 aliphatic heterocycles. The van der Waals surface area contributed by atoms with Crippen LogP contribution in [-0.4, -0.2) is 31.1 Å². The van der Waals surface area contributed by atoms with Crippen LogP contribution in [0.15, 0.2) is 29.2 Å². The minimum Gasteiger partial charge on any atom is -0.508 e. The summed E-state index contributed by atoms with van der Waals surface area (Å²) >= 11 is 1.80. The third-order valence-corrected chi connectivity index (χ3v) is 6.02.